The van der Waals surface area contributed by atoms with Gasteiger partial charge in [0.2, 0.25) is 11.9 Å². The van der Waals surface area contributed by atoms with E-state index >= 15 is 0 Å². The van der Waals surface area contributed by atoms with Crippen molar-refractivity contribution in [2.45, 2.75) is 33.0 Å². The minimum atomic E-state index is -0.0687. The Morgan fingerprint density at radius 2 is 1.71 bits per heavy atom. The zero-order valence-corrected chi connectivity index (χ0v) is 23.7. The molecular weight excluding hydrogens is 538 g/mol. The van der Waals surface area contributed by atoms with E-state index in [1.165, 1.54) is 0 Å². The maximum Gasteiger partial charge on any atom is 0.274 e. The highest BCUT2D eigenvalue weighted by Crippen LogP contribution is 2.26. The van der Waals surface area contributed by atoms with E-state index in [1.807, 2.05) is 83.5 Å². The van der Waals surface area contributed by atoms with Crippen LogP contribution in [0.4, 0.5) is 5.95 Å². The van der Waals surface area contributed by atoms with E-state index in [0.29, 0.717) is 49.1 Å². The lowest BCUT2D eigenvalue weighted by atomic mass is 10.1. The van der Waals surface area contributed by atoms with Gasteiger partial charge in [-0.15, -0.1) is 0 Å². The fourth-order valence-corrected chi connectivity index (χ4v) is 5.70. The van der Waals surface area contributed by atoms with E-state index in [-0.39, 0.29) is 17.5 Å². The number of fused-ring (bicyclic) bond motifs is 1. The van der Waals surface area contributed by atoms with Crippen molar-refractivity contribution < 1.29 is 4.79 Å². The van der Waals surface area contributed by atoms with Crippen molar-refractivity contribution in [3.63, 3.8) is 0 Å². The number of benzene rings is 2. The fourth-order valence-electron chi connectivity index (χ4n) is 5.50. The zero-order chi connectivity index (χ0) is 28.5. The number of amides is 1. The number of aromatic nitrogens is 5. The third-order valence-corrected chi connectivity index (χ3v) is 8.05. The molecule has 0 saturated carbocycles. The van der Waals surface area contributed by atoms with Gasteiger partial charge < -0.3 is 9.80 Å². The molecule has 0 spiro atoms. The first kappa shape index (κ1) is 26.7. The van der Waals surface area contributed by atoms with Gasteiger partial charge in [-0.3, -0.25) is 19.3 Å². The van der Waals surface area contributed by atoms with Crippen LogP contribution >= 0.6 is 11.6 Å². The minimum absolute atomic E-state index is 0.0687. The summed E-state index contributed by atoms with van der Waals surface area (Å²) >= 11 is 6.53. The molecule has 1 saturated heterocycles. The topological polar surface area (TPSA) is 89.2 Å². The Morgan fingerprint density at radius 3 is 2.41 bits per heavy atom. The van der Waals surface area contributed by atoms with Crippen molar-refractivity contribution in [2.75, 3.05) is 24.5 Å². The second-order valence-electron chi connectivity index (χ2n) is 10.4. The summed E-state index contributed by atoms with van der Waals surface area (Å²) in [5.74, 6) is 0.732. The molecule has 3 aromatic heterocycles. The summed E-state index contributed by atoms with van der Waals surface area (Å²) in [6, 6.07) is 17.4. The van der Waals surface area contributed by atoms with Crippen LogP contribution in [0.1, 0.15) is 25.0 Å². The number of hydrogen-bond acceptors (Lipinski definition) is 6. The predicted molar refractivity (Wildman–Crippen MR) is 160 cm³/mol. The smallest absolute Gasteiger partial charge is 0.274 e. The molecule has 10 heteroatoms. The van der Waals surface area contributed by atoms with Crippen LogP contribution in [-0.4, -0.2) is 60.8 Å². The summed E-state index contributed by atoms with van der Waals surface area (Å²) in [7, 11) is 0. The first-order chi connectivity index (χ1) is 19.9. The number of halogens is 1. The average Bonchev–Trinajstić information content (AvgIpc) is 3.24. The molecule has 1 amide bonds. The number of hydrogen-bond donors (Lipinski definition) is 0. The molecule has 4 heterocycles. The Bertz CT molecular complexity index is 1770. The van der Waals surface area contributed by atoms with Gasteiger partial charge in [-0.1, -0.05) is 35.9 Å². The van der Waals surface area contributed by atoms with E-state index in [0.717, 1.165) is 27.8 Å². The summed E-state index contributed by atoms with van der Waals surface area (Å²) in [4.78, 5) is 42.9. The zero-order valence-electron chi connectivity index (χ0n) is 22.9. The fraction of sp³-hybridized carbons (Fsp3) is 0.258. The van der Waals surface area contributed by atoms with Crippen molar-refractivity contribution in [1.29, 1.82) is 0 Å². The summed E-state index contributed by atoms with van der Waals surface area (Å²) < 4.78 is 3.75. The van der Waals surface area contributed by atoms with Crippen molar-refractivity contribution in [1.82, 2.24) is 29.2 Å². The minimum Gasteiger partial charge on any atom is -0.337 e. The van der Waals surface area contributed by atoms with Gasteiger partial charge in [-0.25, -0.2) is 14.6 Å². The van der Waals surface area contributed by atoms with Gasteiger partial charge in [0.05, 0.1) is 24.0 Å². The van der Waals surface area contributed by atoms with Gasteiger partial charge >= 0.3 is 0 Å². The average molecular weight is 568 g/mol. The Balaban J connectivity index is 1.36. The van der Waals surface area contributed by atoms with Crippen LogP contribution < -0.4 is 10.5 Å². The molecule has 41 heavy (non-hydrogen) atoms. The molecule has 1 aliphatic heterocycles. The maximum atomic E-state index is 13.6. The third kappa shape index (κ3) is 5.32. The van der Waals surface area contributed by atoms with Gasteiger partial charge in [-0.05, 0) is 53.9 Å². The monoisotopic (exact) mass is 567 g/mol. The summed E-state index contributed by atoms with van der Waals surface area (Å²) in [6.07, 6.45) is 7.09. The molecule has 2 aromatic carbocycles. The van der Waals surface area contributed by atoms with Crippen molar-refractivity contribution in [3.05, 3.63) is 106 Å². The van der Waals surface area contributed by atoms with Gasteiger partial charge in [0.15, 0.2) is 0 Å². The van der Waals surface area contributed by atoms with E-state index in [1.54, 1.807) is 24.0 Å². The molecule has 1 fully saturated rings. The molecule has 1 aliphatic rings. The third-order valence-electron chi connectivity index (χ3n) is 7.68. The van der Waals surface area contributed by atoms with Gasteiger partial charge in [0.25, 0.3) is 5.56 Å². The molecule has 9 nitrogen and oxygen atoms in total. The number of pyridine rings is 1. The van der Waals surface area contributed by atoms with Crippen LogP contribution in [-0.2, 0) is 17.9 Å². The maximum absolute atomic E-state index is 13.6. The highest BCUT2D eigenvalue weighted by atomic mass is 35.5. The molecule has 5 aromatic rings. The van der Waals surface area contributed by atoms with Crippen LogP contribution in [0, 0.1) is 0 Å². The number of nitrogens with zero attached hydrogens (tertiary/aromatic N) is 7. The van der Waals surface area contributed by atoms with E-state index in [4.69, 9.17) is 11.6 Å². The van der Waals surface area contributed by atoms with Gasteiger partial charge in [0, 0.05) is 68.0 Å². The van der Waals surface area contributed by atoms with Crippen LogP contribution in [0.5, 0.6) is 0 Å². The summed E-state index contributed by atoms with van der Waals surface area (Å²) in [5, 5.41) is 1.28. The Morgan fingerprint density at radius 1 is 0.951 bits per heavy atom. The van der Waals surface area contributed by atoms with E-state index in [2.05, 4.69) is 19.9 Å². The number of piperazine rings is 1. The molecule has 1 atom stereocenters. The van der Waals surface area contributed by atoms with Crippen molar-refractivity contribution in [2.24, 2.45) is 0 Å². The molecular formula is C31H30ClN7O2. The number of anilines is 1. The van der Waals surface area contributed by atoms with Crippen LogP contribution in [0.2, 0.25) is 5.02 Å². The number of carbonyl (C=O) groups is 1. The molecule has 0 bridgehead atoms. The van der Waals surface area contributed by atoms with E-state index < -0.39 is 0 Å². The highest BCUT2D eigenvalue weighted by molar-refractivity contribution is 6.31. The second kappa shape index (κ2) is 11.2. The quantitative estimate of drug-likeness (QED) is 0.301. The van der Waals surface area contributed by atoms with Crippen molar-refractivity contribution >= 4 is 34.4 Å². The van der Waals surface area contributed by atoms with E-state index in [9.17, 15) is 9.59 Å². The molecule has 0 radical (unpaired) electrons. The molecule has 0 N–H and O–H groups in total. The lowest BCUT2D eigenvalue weighted by molar-refractivity contribution is -0.131. The summed E-state index contributed by atoms with van der Waals surface area (Å²) in [6.45, 7) is 6.52. The first-order valence-electron chi connectivity index (χ1n) is 13.6. The van der Waals surface area contributed by atoms with Crippen molar-refractivity contribution in [3.8, 4) is 11.1 Å². The van der Waals surface area contributed by atoms with Gasteiger partial charge in [0.1, 0.15) is 0 Å². The number of carbonyl (C=O) groups excluding carboxylic acids is 1. The van der Waals surface area contributed by atoms with Crippen LogP contribution in [0.3, 0.4) is 0 Å². The molecule has 6 rings (SSSR count). The normalized spacial score (nSPS) is 15.4. The van der Waals surface area contributed by atoms with Gasteiger partial charge in [-0.2, -0.15) is 0 Å². The van der Waals surface area contributed by atoms with Crippen LogP contribution in [0.15, 0.2) is 84.2 Å². The highest BCUT2D eigenvalue weighted by Gasteiger charge is 2.26. The second-order valence-corrected chi connectivity index (χ2v) is 10.8. The Kier molecular flexibility index (Phi) is 7.28. The lowest BCUT2D eigenvalue weighted by Crippen LogP contribution is -2.53. The lowest BCUT2D eigenvalue weighted by Gasteiger charge is -2.39. The Labute approximate surface area is 242 Å². The number of rotatable bonds is 6. The molecule has 0 aliphatic carbocycles. The Hall–Kier alpha value is -4.50. The predicted octanol–water partition coefficient (Wildman–Crippen LogP) is 4.46. The SMILES string of the molecule is CC(=O)N1CCN(c2ncc(-c3ccc4c(=O)n(Cc5ccncc5)n(Cc5ccccc5Cl)c4c3)cn2)C[C@H]1C. The first-order valence-corrected chi connectivity index (χ1v) is 14.0. The largest absolute Gasteiger partial charge is 0.337 e. The molecule has 0 unspecified atom stereocenters. The van der Waals surface area contributed by atoms with Crippen LogP contribution in [0.25, 0.3) is 22.0 Å². The summed E-state index contributed by atoms with van der Waals surface area (Å²) in [5.41, 5.74) is 4.40. The molecule has 208 valence electrons. The standard InChI is InChI=1S/C31H30ClN7O2/c1-21-18-36(13-14-37(21)22(2)40)31-34-16-26(17-35-31)24-7-8-27-29(15-24)38(20-25-5-3-4-6-28(25)32)39(30(27)41)19-23-9-11-33-12-10-23/h3-12,15-17,21H,13-14,18-20H2,1-2H3/t21-/m1/s1.